The van der Waals surface area contributed by atoms with E-state index in [-0.39, 0.29) is 11.7 Å². The van der Waals surface area contributed by atoms with Gasteiger partial charge in [0.2, 0.25) is 5.88 Å². The molecule has 0 aliphatic heterocycles. The number of halogens is 2. The molecule has 0 radical (unpaired) electrons. The highest BCUT2D eigenvalue weighted by molar-refractivity contribution is 9.10. The van der Waals surface area contributed by atoms with Crippen LogP contribution in [0.5, 0.6) is 5.75 Å². The maximum atomic E-state index is 12.9. The van der Waals surface area contributed by atoms with Crippen LogP contribution in [0.3, 0.4) is 0 Å². The SMILES string of the molecule is C[C@H](Oc1ccc(F)cc1)C(=O)Nc1cc(-c2ccc(Br)cc2)no1. The number of nitrogens with one attached hydrogen (secondary N) is 1. The Morgan fingerprint density at radius 1 is 1.20 bits per heavy atom. The van der Waals surface area contributed by atoms with Crippen molar-refractivity contribution in [3.63, 3.8) is 0 Å². The van der Waals surface area contributed by atoms with Gasteiger partial charge in [0.05, 0.1) is 0 Å². The maximum absolute atomic E-state index is 12.9. The summed E-state index contributed by atoms with van der Waals surface area (Å²) in [7, 11) is 0. The van der Waals surface area contributed by atoms with E-state index in [0.717, 1.165) is 10.0 Å². The number of hydrogen-bond donors (Lipinski definition) is 1. The third-order valence-electron chi connectivity index (χ3n) is 3.39. The summed E-state index contributed by atoms with van der Waals surface area (Å²) in [5, 5.41) is 6.53. The number of amides is 1. The third-order valence-corrected chi connectivity index (χ3v) is 3.92. The number of carbonyl (C=O) groups is 1. The van der Waals surface area contributed by atoms with E-state index in [1.54, 1.807) is 13.0 Å². The van der Waals surface area contributed by atoms with Gasteiger partial charge in [0.25, 0.3) is 5.91 Å². The Hall–Kier alpha value is -2.67. The first-order chi connectivity index (χ1) is 12.0. The number of rotatable bonds is 5. The summed E-state index contributed by atoms with van der Waals surface area (Å²) < 4.78 is 24.4. The second-order valence-corrected chi connectivity index (χ2v) is 6.20. The fourth-order valence-corrected chi connectivity index (χ4v) is 2.35. The average Bonchev–Trinajstić information content (AvgIpc) is 3.06. The number of aromatic nitrogens is 1. The monoisotopic (exact) mass is 404 g/mol. The van der Waals surface area contributed by atoms with Gasteiger partial charge in [0, 0.05) is 16.1 Å². The summed E-state index contributed by atoms with van der Waals surface area (Å²) in [6.45, 7) is 1.59. The maximum Gasteiger partial charge on any atom is 0.267 e. The van der Waals surface area contributed by atoms with Crippen LogP contribution in [-0.4, -0.2) is 17.2 Å². The molecule has 1 aromatic heterocycles. The van der Waals surface area contributed by atoms with Gasteiger partial charge in [-0.25, -0.2) is 4.39 Å². The molecule has 5 nitrogen and oxygen atoms in total. The molecule has 7 heteroatoms. The molecular formula is C18H14BrFN2O3. The Labute approximate surface area is 151 Å². The quantitative estimate of drug-likeness (QED) is 0.671. The van der Waals surface area contributed by atoms with E-state index in [2.05, 4.69) is 26.4 Å². The van der Waals surface area contributed by atoms with Gasteiger partial charge in [0.1, 0.15) is 17.3 Å². The lowest BCUT2D eigenvalue weighted by Gasteiger charge is -2.13. The van der Waals surface area contributed by atoms with E-state index in [0.29, 0.717) is 11.4 Å². The summed E-state index contributed by atoms with van der Waals surface area (Å²) in [6, 6.07) is 14.6. The van der Waals surface area contributed by atoms with Gasteiger partial charge in [-0.1, -0.05) is 33.2 Å². The van der Waals surface area contributed by atoms with Gasteiger partial charge < -0.3 is 9.26 Å². The molecular weight excluding hydrogens is 391 g/mol. The molecule has 0 saturated heterocycles. The van der Waals surface area contributed by atoms with Crippen molar-refractivity contribution in [1.29, 1.82) is 0 Å². The molecule has 0 spiro atoms. The van der Waals surface area contributed by atoms with Crippen molar-refractivity contribution in [1.82, 2.24) is 5.16 Å². The largest absolute Gasteiger partial charge is 0.481 e. The van der Waals surface area contributed by atoms with Crippen LogP contribution in [-0.2, 0) is 4.79 Å². The molecule has 1 atom stereocenters. The minimum absolute atomic E-state index is 0.220. The molecule has 1 N–H and O–H groups in total. The smallest absolute Gasteiger partial charge is 0.267 e. The second-order valence-electron chi connectivity index (χ2n) is 5.29. The first kappa shape index (κ1) is 17.2. The summed E-state index contributed by atoms with van der Waals surface area (Å²) in [6.07, 6.45) is -0.785. The Bertz CT molecular complexity index is 863. The minimum atomic E-state index is -0.785. The second kappa shape index (κ2) is 7.48. The molecule has 128 valence electrons. The van der Waals surface area contributed by atoms with Crippen LogP contribution in [0.25, 0.3) is 11.3 Å². The van der Waals surface area contributed by atoms with Crippen LogP contribution in [0.15, 0.2) is 63.6 Å². The fraction of sp³-hybridized carbons (Fsp3) is 0.111. The van der Waals surface area contributed by atoms with E-state index in [9.17, 15) is 9.18 Å². The molecule has 2 aromatic carbocycles. The topological polar surface area (TPSA) is 64.4 Å². The molecule has 0 unspecified atom stereocenters. The van der Waals surface area contributed by atoms with Crippen molar-refractivity contribution >= 4 is 27.7 Å². The van der Waals surface area contributed by atoms with Crippen LogP contribution in [0.1, 0.15) is 6.92 Å². The van der Waals surface area contributed by atoms with Gasteiger partial charge in [-0.15, -0.1) is 0 Å². The number of hydrogen-bond acceptors (Lipinski definition) is 4. The summed E-state index contributed by atoms with van der Waals surface area (Å²) in [5.74, 6) is -0.149. The number of benzene rings is 2. The molecule has 0 fully saturated rings. The van der Waals surface area contributed by atoms with E-state index < -0.39 is 12.0 Å². The van der Waals surface area contributed by atoms with Gasteiger partial charge in [-0.2, -0.15) is 0 Å². The van der Waals surface area contributed by atoms with Crippen molar-refractivity contribution in [3.05, 3.63) is 64.9 Å². The molecule has 0 bridgehead atoms. The van der Waals surface area contributed by atoms with Crippen molar-refractivity contribution < 1.29 is 18.4 Å². The molecule has 3 aromatic rings. The number of carbonyl (C=O) groups excluding carboxylic acids is 1. The standard InChI is InChI=1S/C18H14BrFN2O3/c1-11(24-15-8-6-14(20)7-9-15)18(23)21-17-10-16(22-25-17)12-2-4-13(19)5-3-12/h2-11H,1H3,(H,21,23)/t11-/m0/s1. The Morgan fingerprint density at radius 2 is 1.88 bits per heavy atom. The lowest BCUT2D eigenvalue weighted by molar-refractivity contribution is -0.122. The van der Waals surface area contributed by atoms with E-state index in [1.165, 1.54) is 24.3 Å². The number of ether oxygens (including phenoxy) is 1. The molecule has 0 aliphatic rings. The van der Waals surface area contributed by atoms with Crippen LogP contribution in [0.2, 0.25) is 0 Å². The van der Waals surface area contributed by atoms with Crippen molar-refractivity contribution in [2.75, 3.05) is 5.32 Å². The van der Waals surface area contributed by atoms with Crippen LogP contribution in [0, 0.1) is 5.82 Å². The summed E-state index contributed by atoms with van der Waals surface area (Å²) >= 11 is 3.37. The molecule has 1 amide bonds. The zero-order valence-corrected chi connectivity index (χ0v) is 14.8. The first-order valence-electron chi connectivity index (χ1n) is 7.47. The normalized spacial score (nSPS) is 11.8. The van der Waals surface area contributed by atoms with Gasteiger partial charge in [-0.3, -0.25) is 10.1 Å². The van der Waals surface area contributed by atoms with Gasteiger partial charge >= 0.3 is 0 Å². The average molecular weight is 405 g/mol. The fourth-order valence-electron chi connectivity index (χ4n) is 2.08. The molecule has 0 aliphatic carbocycles. The minimum Gasteiger partial charge on any atom is -0.481 e. The highest BCUT2D eigenvalue weighted by Crippen LogP contribution is 2.23. The van der Waals surface area contributed by atoms with Crippen molar-refractivity contribution in [3.8, 4) is 17.0 Å². The highest BCUT2D eigenvalue weighted by atomic mass is 79.9. The van der Waals surface area contributed by atoms with Crippen LogP contribution >= 0.6 is 15.9 Å². The first-order valence-corrected chi connectivity index (χ1v) is 8.26. The lowest BCUT2D eigenvalue weighted by atomic mass is 10.1. The zero-order chi connectivity index (χ0) is 17.8. The summed E-state index contributed by atoms with van der Waals surface area (Å²) in [5.41, 5.74) is 1.47. The number of anilines is 1. The lowest BCUT2D eigenvalue weighted by Crippen LogP contribution is -2.29. The van der Waals surface area contributed by atoms with Crippen molar-refractivity contribution in [2.24, 2.45) is 0 Å². The van der Waals surface area contributed by atoms with E-state index in [4.69, 9.17) is 9.26 Å². The molecule has 0 saturated carbocycles. The third kappa shape index (κ3) is 4.45. The number of nitrogens with zero attached hydrogens (tertiary/aromatic N) is 1. The van der Waals surface area contributed by atoms with Gasteiger partial charge in [-0.05, 0) is 43.3 Å². The van der Waals surface area contributed by atoms with Gasteiger partial charge in [0.15, 0.2) is 6.10 Å². The van der Waals surface area contributed by atoms with Crippen LogP contribution in [0.4, 0.5) is 10.3 Å². The predicted molar refractivity (Wildman–Crippen MR) is 94.8 cm³/mol. The molecule has 3 rings (SSSR count). The zero-order valence-electron chi connectivity index (χ0n) is 13.2. The summed E-state index contributed by atoms with van der Waals surface area (Å²) in [4.78, 5) is 12.2. The van der Waals surface area contributed by atoms with Crippen molar-refractivity contribution in [2.45, 2.75) is 13.0 Å². The molecule has 1 heterocycles. The Balaban J connectivity index is 1.62. The van der Waals surface area contributed by atoms with Crippen LogP contribution < -0.4 is 10.1 Å². The van der Waals surface area contributed by atoms with E-state index >= 15 is 0 Å². The molecule has 25 heavy (non-hydrogen) atoms. The Morgan fingerprint density at radius 3 is 2.56 bits per heavy atom. The predicted octanol–water partition coefficient (Wildman–Crippen LogP) is 4.65. The van der Waals surface area contributed by atoms with E-state index in [1.807, 2.05) is 24.3 Å². The Kier molecular flexibility index (Phi) is 5.14. The highest BCUT2D eigenvalue weighted by Gasteiger charge is 2.17.